The monoisotopic (exact) mass is 529 g/mol. The summed E-state index contributed by atoms with van der Waals surface area (Å²) in [6, 6.07) is 10.3. The average Bonchev–Trinajstić information content (AvgIpc) is 3.29. The van der Waals surface area contributed by atoms with Gasteiger partial charge >= 0.3 is 6.18 Å². The second kappa shape index (κ2) is 10.8. The standard InChI is InChI=1S/C20H19FN4O.C5H4F3N3O/c1-2-3-5-9-24-11-8-14-12-16(17(21)13-15(14)20(24)26)19-22-18-7-4-6-10-25(18)23-19;6-5(7,8)3-2(9)1-10-11-4(3)12/h4,6-8,10-13H,2-3,5,9H2,1H3;1H,(H3,9,11,12). The lowest BCUT2D eigenvalue weighted by atomic mass is 10.1. The van der Waals surface area contributed by atoms with Crippen LogP contribution in [-0.4, -0.2) is 29.4 Å². The Hall–Kier alpha value is -4.55. The highest BCUT2D eigenvalue weighted by Gasteiger charge is 2.36. The number of nitrogens with two attached hydrogens (primary N) is 1. The van der Waals surface area contributed by atoms with Gasteiger partial charge in [-0.15, -0.1) is 5.10 Å². The van der Waals surface area contributed by atoms with Crippen LogP contribution in [0.2, 0.25) is 0 Å². The smallest absolute Gasteiger partial charge is 0.397 e. The van der Waals surface area contributed by atoms with Crippen LogP contribution >= 0.6 is 0 Å². The summed E-state index contributed by atoms with van der Waals surface area (Å²) in [5.74, 6) is -0.181. The normalized spacial score (nSPS) is 11.5. The number of H-pyrrole nitrogens is 1. The maximum atomic E-state index is 14.7. The Kier molecular flexibility index (Phi) is 7.55. The fourth-order valence-corrected chi connectivity index (χ4v) is 3.84. The largest absolute Gasteiger partial charge is 0.423 e. The lowest BCUT2D eigenvalue weighted by Crippen LogP contribution is -2.24. The van der Waals surface area contributed by atoms with Gasteiger partial charge in [0, 0.05) is 18.9 Å². The number of fused-ring (bicyclic) bond motifs is 2. The lowest BCUT2D eigenvalue weighted by Gasteiger charge is -2.08. The average molecular weight is 529 g/mol. The number of benzene rings is 1. The van der Waals surface area contributed by atoms with E-state index in [1.54, 1.807) is 32.6 Å². The molecule has 38 heavy (non-hydrogen) atoms. The molecule has 0 fully saturated rings. The molecule has 0 saturated carbocycles. The highest BCUT2D eigenvalue weighted by molar-refractivity contribution is 5.86. The van der Waals surface area contributed by atoms with Crippen LogP contribution in [0.3, 0.4) is 0 Å². The van der Waals surface area contributed by atoms with Crippen LogP contribution in [0.25, 0.3) is 27.8 Å². The van der Waals surface area contributed by atoms with E-state index in [0.717, 1.165) is 25.5 Å². The second-order valence-corrected chi connectivity index (χ2v) is 8.41. The van der Waals surface area contributed by atoms with E-state index < -0.39 is 28.8 Å². The van der Waals surface area contributed by atoms with Gasteiger partial charge in [0.25, 0.3) is 11.1 Å². The van der Waals surface area contributed by atoms with Gasteiger partial charge < -0.3 is 10.3 Å². The maximum absolute atomic E-state index is 14.7. The van der Waals surface area contributed by atoms with Gasteiger partial charge in [-0.25, -0.2) is 19.0 Å². The zero-order chi connectivity index (χ0) is 27.4. The van der Waals surface area contributed by atoms with E-state index in [9.17, 15) is 27.2 Å². The molecule has 4 heterocycles. The molecule has 198 valence electrons. The van der Waals surface area contributed by atoms with Crippen LogP contribution in [0.4, 0.5) is 23.2 Å². The summed E-state index contributed by atoms with van der Waals surface area (Å²) in [5, 5.41) is 10.1. The summed E-state index contributed by atoms with van der Waals surface area (Å²) in [7, 11) is 0. The molecule has 0 saturated heterocycles. The SMILES string of the molecule is CCCCCn1ccc2cc(-c3nc4ccccn4n3)c(F)cc2c1=O.Nc1cn[nH]c(=O)c1C(F)(F)F. The van der Waals surface area contributed by atoms with Gasteiger partial charge in [0.05, 0.1) is 22.8 Å². The van der Waals surface area contributed by atoms with Crippen molar-refractivity contribution in [1.82, 2.24) is 29.4 Å². The minimum atomic E-state index is -4.74. The Balaban J connectivity index is 0.000000236. The molecule has 0 aliphatic heterocycles. The van der Waals surface area contributed by atoms with Crippen molar-refractivity contribution in [3.05, 3.63) is 87.1 Å². The van der Waals surface area contributed by atoms with Gasteiger partial charge in [-0.2, -0.15) is 18.3 Å². The van der Waals surface area contributed by atoms with E-state index in [2.05, 4.69) is 22.1 Å². The molecule has 0 amide bonds. The number of anilines is 1. The molecule has 4 aromatic heterocycles. The topological polar surface area (TPSA) is 124 Å². The second-order valence-electron chi connectivity index (χ2n) is 8.41. The number of nitrogens with zero attached hydrogens (tertiary/aromatic N) is 5. The number of nitrogen functional groups attached to an aromatic ring is 1. The van der Waals surface area contributed by atoms with Crippen LogP contribution in [0.1, 0.15) is 31.7 Å². The van der Waals surface area contributed by atoms with E-state index in [-0.39, 0.29) is 5.56 Å². The summed E-state index contributed by atoms with van der Waals surface area (Å²) in [5.41, 5.74) is 2.28. The van der Waals surface area contributed by atoms with Crippen molar-refractivity contribution in [3.63, 3.8) is 0 Å². The zero-order valence-corrected chi connectivity index (χ0v) is 20.2. The molecule has 1 aromatic carbocycles. The van der Waals surface area contributed by atoms with Crippen molar-refractivity contribution >= 4 is 22.1 Å². The van der Waals surface area contributed by atoms with E-state index in [4.69, 9.17) is 5.73 Å². The zero-order valence-electron chi connectivity index (χ0n) is 20.2. The van der Waals surface area contributed by atoms with Gasteiger partial charge in [0.15, 0.2) is 11.5 Å². The first-order valence-electron chi connectivity index (χ1n) is 11.6. The maximum Gasteiger partial charge on any atom is 0.423 e. The summed E-state index contributed by atoms with van der Waals surface area (Å²) in [6.45, 7) is 2.77. The van der Waals surface area contributed by atoms with Gasteiger partial charge in [-0.05, 0) is 42.1 Å². The molecular formula is C25H23F4N7O2. The number of hydrogen-bond acceptors (Lipinski definition) is 6. The Bertz CT molecular complexity index is 1670. The summed E-state index contributed by atoms with van der Waals surface area (Å²) >= 11 is 0. The third kappa shape index (κ3) is 5.56. The highest BCUT2D eigenvalue weighted by atomic mass is 19.4. The molecule has 13 heteroatoms. The molecule has 0 spiro atoms. The molecule has 0 bridgehead atoms. The fourth-order valence-electron chi connectivity index (χ4n) is 3.84. The quantitative estimate of drug-likeness (QED) is 0.257. The molecular weight excluding hydrogens is 506 g/mol. The third-order valence-electron chi connectivity index (χ3n) is 5.72. The Morgan fingerprint density at radius 2 is 1.87 bits per heavy atom. The molecule has 5 rings (SSSR count). The molecule has 0 unspecified atom stereocenters. The van der Waals surface area contributed by atoms with Crippen molar-refractivity contribution in [2.45, 2.75) is 38.9 Å². The van der Waals surface area contributed by atoms with Crippen molar-refractivity contribution in [2.75, 3.05) is 5.73 Å². The minimum Gasteiger partial charge on any atom is -0.397 e. The lowest BCUT2D eigenvalue weighted by molar-refractivity contribution is -0.138. The highest BCUT2D eigenvalue weighted by Crippen LogP contribution is 2.29. The van der Waals surface area contributed by atoms with Crippen molar-refractivity contribution in [1.29, 1.82) is 0 Å². The first kappa shape index (κ1) is 26.5. The van der Waals surface area contributed by atoms with Gasteiger partial charge in [-0.1, -0.05) is 25.8 Å². The van der Waals surface area contributed by atoms with Crippen molar-refractivity contribution in [3.8, 4) is 11.4 Å². The number of aryl methyl sites for hydroxylation is 1. The van der Waals surface area contributed by atoms with E-state index in [0.29, 0.717) is 34.4 Å². The van der Waals surface area contributed by atoms with Crippen molar-refractivity contribution in [2.24, 2.45) is 0 Å². The van der Waals surface area contributed by atoms with Gasteiger partial charge in [0.1, 0.15) is 11.4 Å². The van der Waals surface area contributed by atoms with Crippen LogP contribution in [-0.2, 0) is 12.7 Å². The van der Waals surface area contributed by atoms with Gasteiger partial charge in [0.2, 0.25) is 0 Å². The number of aromatic nitrogens is 6. The number of nitrogens with one attached hydrogen (secondary N) is 1. The first-order chi connectivity index (χ1) is 18.1. The minimum absolute atomic E-state index is 0.160. The Morgan fingerprint density at radius 3 is 2.53 bits per heavy atom. The molecule has 9 nitrogen and oxygen atoms in total. The predicted octanol–water partition coefficient (Wildman–Crippen LogP) is 4.41. The summed E-state index contributed by atoms with van der Waals surface area (Å²) in [4.78, 5) is 27.6. The molecule has 0 radical (unpaired) electrons. The number of halogens is 4. The number of pyridine rings is 2. The Labute approximate surface area is 212 Å². The number of unbranched alkanes of at least 4 members (excludes halogenated alkanes) is 2. The first-order valence-corrected chi connectivity index (χ1v) is 11.6. The fraction of sp³-hybridized carbons (Fsp3) is 0.240. The van der Waals surface area contributed by atoms with E-state index in [1.807, 2.05) is 24.3 Å². The van der Waals surface area contributed by atoms with Crippen LogP contribution < -0.4 is 16.9 Å². The van der Waals surface area contributed by atoms with Gasteiger partial charge in [-0.3, -0.25) is 9.59 Å². The molecule has 5 aromatic rings. The molecule has 3 N–H and O–H groups in total. The number of alkyl halides is 3. The summed E-state index contributed by atoms with van der Waals surface area (Å²) in [6.07, 6.45) is 2.64. The van der Waals surface area contributed by atoms with Crippen LogP contribution in [0.5, 0.6) is 0 Å². The van der Waals surface area contributed by atoms with Crippen LogP contribution in [0.15, 0.2) is 64.6 Å². The van der Waals surface area contributed by atoms with E-state index >= 15 is 0 Å². The number of aromatic amines is 1. The van der Waals surface area contributed by atoms with E-state index in [1.165, 1.54) is 6.07 Å². The van der Waals surface area contributed by atoms with Crippen LogP contribution in [0, 0.1) is 5.82 Å². The molecule has 0 aliphatic rings. The molecule has 0 atom stereocenters. The number of hydrogen-bond donors (Lipinski definition) is 2. The summed E-state index contributed by atoms with van der Waals surface area (Å²) < 4.78 is 53.9. The third-order valence-corrected chi connectivity index (χ3v) is 5.72. The molecule has 0 aliphatic carbocycles. The predicted molar refractivity (Wildman–Crippen MR) is 134 cm³/mol. The van der Waals surface area contributed by atoms with Crippen molar-refractivity contribution < 1.29 is 17.6 Å². The Morgan fingerprint density at radius 1 is 1.08 bits per heavy atom. The number of rotatable bonds is 5.